The Morgan fingerprint density at radius 3 is 2.96 bits per heavy atom. The first-order valence-electron chi connectivity index (χ1n) is 7.57. The minimum absolute atomic E-state index is 0.0443. The van der Waals surface area contributed by atoms with Gasteiger partial charge in [0, 0.05) is 26.0 Å². The maximum absolute atomic E-state index is 12.0. The van der Waals surface area contributed by atoms with Crippen molar-refractivity contribution in [2.24, 2.45) is 0 Å². The number of cyclic esters (lactones) is 1. The van der Waals surface area contributed by atoms with E-state index in [4.69, 9.17) is 9.47 Å². The number of amides is 2. The second-order valence-electron chi connectivity index (χ2n) is 5.59. The van der Waals surface area contributed by atoms with E-state index in [2.05, 4.69) is 5.32 Å². The molecule has 2 aliphatic rings. The van der Waals surface area contributed by atoms with E-state index in [1.165, 1.54) is 11.8 Å². The molecule has 1 atom stereocenters. The van der Waals surface area contributed by atoms with E-state index in [1.54, 1.807) is 18.2 Å². The number of rotatable bonds is 3. The Morgan fingerprint density at radius 1 is 1.35 bits per heavy atom. The highest BCUT2D eigenvalue weighted by Crippen LogP contribution is 2.31. The van der Waals surface area contributed by atoms with Crippen molar-refractivity contribution in [2.45, 2.75) is 25.8 Å². The lowest BCUT2D eigenvalue weighted by Gasteiger charge is -2.22. The second kappa shape index (κ2) is 6.28. The van der Waals surface area contributed by atoms with E-state index in [9.17, 15) is 14.4 Å². The molecule has 122 valence electrons. The molecule has 1 aromatic rings. The van der Waals surface area contributed by atoms with Crippen LogP contribution in [0, 0.1) is 0 Å². The van der Waals surface area contributed by atoms with Gasteiger partial charge in [-0.15, -0.1) is 0 Å². The van der Waals surface area contributed by atoms with Gasteiger partial charge in [-0.25, -0.2) is 4.79 Å². The van der Waals surface area contributed by atoms with Gasteiger partial charge >= 0.3 is 6.09 Å². The van der Waals surface area contributed by atoms with E-state index in [1.807, 2.05) is 0 Å². The van der Waals surface area contributed by atoms with Crippen molar-refractivity contribution in [3.8, 4) is 5.75 Å². The normalized spacial score (nSPS) is 20.4. The molecule has 7 heteroatoms. The van der Waals surface area contributed by atoms with Gasteiger partial charge < -0.3 is 14.8 Å². The van der Waals surface area contributed by atoms with E-state index in [-0.39, 0.29) is 24.3 Å². The number of carbonyl (C=O) groups excluding carboxylic acids is 3. The number of ketones is 1. The number of hydrogen-bond acceptors (Lipinski definition) is 5. The fourth-order valence-corrected chi connectivity index (χ4v) is 2.75. The summed E-state index contributed by atoms with van der Waals surface area (Å²) in [6, 6.07) is 4.79. The minimum Gasteiger partial charge on any atom is -0.493 e. The molecule has 0 bridgehead atoms. The van der Waals surface area contributed by atoms with Crippen LogP contribution in [0.1, 0.15) is 30.1 Å². The molecule has 7 nitrogen and oxygen atoms in total. The van der Waals surface area contributed by atoms with Gasteiger partial charge in [0.1, 0.15) is 12.4 Å². The smallest absolute Gasteiger partial charge is 0.414 e. The molecule has 2 heterocycles. The molecule has 0 radical (unpaired) electrons. The third kappa shape index (κ3) is 3.13. The molecule has 1 aromatic carbocycles. The molecule has 2 amide bonds. The van der Waals surface area contributed by atoms with Crippen LogP contribution in [0.2, 0.25) is 0 Å². The SMILES string of the molecule is CC(=O)NC[C@H]1COC(=O)N1c1ccc2c(c1)OCCCC2=O. The number of Topliss-reactive ketones (excluding diaryl/α,β-unsaturated/α-hetero) is 1. The zero-order valence-electron chi connectivity index (χ0n) is 12.8. The van der Waals surface area contributed by atoms with E-state index < -0.39 is 6.09 Å². The van der Waals surface area contributed by atoms with Gasteiger partial charge in [0.15, 0.2) is 5.78 Å². The highest BCUT2D eigenvalue weighted by molar-refractivity contribution is 6.00. The molecular weight excluding hydrogens is 300 g/mol. The van der Waals surface area contributed by atoms with Gasteiger partial charge in [-0.05, 0) is 18.6 Å². The maximum Gasteiger partial charge on any atom is 0.414 e. The van der Waals surface area contributed by atoms with Crippen molar-refractivity contribution in [3.63, 3.8) is 0 Å². The van der Waals surface area contributed by atoms with Crippen LogP contribution in [0.15, 0.2) is 18.2 Å². The predicted molar refractivity (Wildman–Crippen MR) is 81.8 cm³/mol. The summed E-state index contributed by atoms with van der Waals surface area (Å²) in [5.41, 5.74) is 1.13. The highest BCUT2D eigenvalue weighted by atomic mass is 16.6. The predicted octanol–water partition coefficient (Wildman–Crippen LogP) is 1.50. The number of ether oxygens (including phenoxy) is 2. The first-order chi connectivity index (χ1) is 11.1. The van der Waals surface area contributed by atoms with Gasteiger partial charge in [-0.3, -0.25) is 14.5 Å². The Kier molecular flexibility index (Phi) is 4.18. The van der Waals surface area contributed by atoms with Crippen LogP contribution in [0.25, 0.3) is 0 Å². The summed E-state index contributed by atoms with van der Waals surface area (Å²) in [5.74, 6) is 0.367. The summed E-state index contributed by atoms with van der Waals surface area (Å²) < 4.78 is 10.7. The Balaban J connectivity index is 1.87. The average molecular weight is 318 g/mol. The van der Waals surface area contributed by atoms with Crippen LogP contribution >= 0.6 is 0 Å². The van der Waals surface area contributed by atoms with Gasteiger partial charge in [0.25, 0.3) is 0 Å². The second-order valence-corrected chi connectivity index (χ2v) is 5.59. The zero-order chi connectivity index (χ0) is 16.4. The van der Waals surface area contributed by atoms with Gasteiger partial charge in [0.2, 0.25) is 5.91 Å². The molecule has 0 aliphatic carbocycles. The van der Waals surface area contributed by atoms with E-state index >= 15 is 0 Å². The summed E-state index contributed by atoms with van der Waals surface area (Å²) in [6.07, 6.45) is 0.670. The monoisotopic (exact) mass is 318 g/mol. The Morgan fingerprint density at radius 2 is 2.17 bits per heavy atom. The molecule has 3 rings (SSSR count). The van der Waals surface area contributed by atoms with Crippen molar-refractivity contribution < 1.29 is 23.9 Å². The summed E-state index contributed by atoms with van der Waals surface area (Å²) in [5, 5.41) is 2.69. The third-order valence-corrected chi connectivity index (χ3v) is 3.90. The van der Waals surface area contributed by atoms with Crippen molar-refractivity contribution in [3.05, 3.63) is 23.8 Å². The Hall–Kier alpha value is -2.57. The quantitative estimate of drug-likeness (QED) is 0.913. The lowest BCUT2D eigenvalue weighted by Crippen LogP contribution is -2.42. The maximum atomic E-state index is 12.0. The molecule has 1 N–H and O–H groups in total. The lowest BCUT2D eigenvalue weighted by atomic mass is 10.1. The zero-order valence-corrected chi connectivity index (χ0v) is 12.8. The number of nitrogens with zero attached hydrogens (tertiary/aromatic N) is 1. The van der Waals surface area contributed by atoms with Gasteiger partial charge in [-0.2, -0.15) is 0 Å². The third-order valence-electron chi connectivity index (χ3n) is 3.90. The van der Waals surface area contributed by atoms with E-state index in [0.29, 0.717) is 43.0 Å². The number of benzene rings is 1. The summed E-state index contributed by atoms with van der Waals surface area (Å²) in [6.45, 7) is 2.40. The molecule has 2 aliphatic heterocycles. The summed E-state index contributed by atoms with van der Waals surface area (Å²) >= 11 is 0. The summed E-state index contributed by atoms with van der Waals surface area (Å²) in [4.78, 5) is 36.6. The molecule has 1 fully saturated rings. The van der Waals surface area contributed by atoms with Crippen LogP contribution < -0.4 is 15.0 Å². The molecule has 0 saturated carbocycles. The van der Waals surface area contributed by atoms with Crippen molar-refractivity contribution >= 4 is 23.5 Å². The number of anilines is 1. The fourth-order valence-electron chi connectivity index (χ4n) is 2.75. The molecule has 1 saturated heterocycles. The van der Waals surface area contributed by atoms with Crippen molar-refractivity contribution in [1.82, 2.24) is 5.32 Å². The molecule has 0 aromatic heterocycles. The highest BCUT2D eigenvalue weighted by Gasteiger charge is 2.35. The molecule has 23 heavy (non-hydrogen) atoms. The Bertz CT molecular complexity index is 658. The van der Waals surface area contributed by atoms with Gasteiger partial charge in [-0.1, -0.05) is 0 Å². The number of carbonyl (C=O) groups is 3. The lowest BCUT2D eigenvalue weighted by molar-refractivity contribution is -0.119. The fraction of sp³-hybridized carbons (Fsp3) is 0.438. The first-order valence-corrected chi connectivity index (χ1v) is 7.57. The summed E-state index contributed by atoms with van der Waals surface area (Å²) in [7, 11) is 0. The molecule has 0 spiro atoms. The average Bonchev–Trinajstić information content (AvgIpc) is 2.79. The van der Waals surface area contributed by atoms with Crippen LogP contribution in [0.4, 0.5) is 10.5 Å². The van der Waals surface area contributed by atoms with Crippen LogP contribution in [-0.4, -0.2) is 43.6 Å². The van der Waals surface area contributed by atoms with E-state index in [0.717, 1.165) is 0 Å². The van der Waals surface area contributed by atoms with Crippen molar-refractivity contribution in [2.75, 3.05) is 24.7 Å². The molecular formula is C16H18N2O5. The van der Waals surface area contributed by atoms with Crippen LogP contribution in [0.5, 0.6) is 5.75 Å². The molecule has 0 unspecified atom stereocenters. The minimum atomic E-state index is -0.472. The number of nitrogens with one attached hydrogen (secondary N) is 1. The van der Waals surface area contributed by atoms with Crippen LogP contribution in [-0.2, 0) is 9.53 Å². The van der Waals surface area contributed by atoms with Gasteiger partial charge in [0.05, 0.1) is 23.9 Å². The number of hydrogen-bond donors (Lipinski definition) is 1. The van der Waals surface area contributed by atoms with Crippen molar-refractivity contribution in [1.29, 1.82) is 0 Å². The number of fused-ring (bicyclic) bond motifs is 1. The standard InChI is InChI=1S/C16H18N2O5/c1-10(19)17-8-12-9-23-16(21)18(12)11-4-5-13-14(20)3-2-6-22-15(13)7-11/h4-5,7,12H,2-3,6,8-9H2,1H3,(H,17,19)/t12-/m0/s1. The largest absolute Gasteiger partial charge is 0.493 e. The topological polar surface area (TPSA) is 84.9 Å². The Labute approximate surface area is 133 Å². The van der Waals surface area contributed by atoms with Crippen LogP contribution in [0.3, 0.4) is 0 Å². The first kappa shape index (κ1) is 15.3.